The molecule has 2 aromatic carbocycles. The predicted molar refractivity (Wildman–Crippen MR) is 156 cm³/mol. The Morgan fingerprint density at radius 1 is 1.05 bits per heavy atom. The molecule has 0 fully saturated rings. The Morgan fingerprint density at radius 3 is 2.55 bits per heavy atom. The van der Waals surface area contributed by atoms with Gasteiger partial charge in [0.15, 0.2) is 0 Å². The van der Waals surface area contributed by atoms with Crippen molar-refractivity contribution in [3.05, 3.63) is 79.0 Å². The van der Waals surface area contributed by atoms with Gasteiger partial charge in [0.05, 0.1) is 13.2 Å². The van der Waals surface area contributed by atoms with Gasteiger partial charge in [0.25, 0.3) is 0 Å². The van der Waals surface area contributed by atoms with Gasteiger partial charge in [0, 0.05) is 54.6 Å². The average Bonchev–Trinajstić information content (AvgIpc) is 2.93. The standard InChI is InChI=1S/C29H35N7O2/c1-5-27(37)31-23-7-6-8-24(19-23)32-28-26(21-13-17-38-18-14-21)20-30-29(34-28)33-22-9-11-25(12-10-22)36(4)16-15-35(2)3/h5-13,19-20H,1,14-18H2,2-4H3,(H,31,37)(H2,30,32,33,34). The van der Waals surface area contributed by atoms with E-state index in [9.17, 15) is 4.79 Å². The average molecular weight is 514 g/mol. The summed E-state index contributed by atoms with van der Waals surface area (Å²) in [5.74, 6) is 0.884. The molecule has 4 rings (SSSR count). The van der Waals surface area contributed by atoms with Crippen LogP contribution in [0.2, 0.25) is 0 Å². The summed E-state index contributed by atoms with van der Waals surface area (Å²) in [4.78, 5) is 25.6. The highest BCUT2D eigenvalue weighted by atomic mass is 16.5. The lowest BCUT2D eigenvalue weighted by Gasteiger charge is -2.22. The van der Waals surface area contributed by atoms with Crippen LogP contribution in [-0.2, 0) is 9.53 Å². The molecule has 0 radical (unpaired) electrons. The normalized spacial score (nSPS) is 13.0. The summed E-state index contributed by atoms with van der Waals surface area (Å²) in [7, 11) is 6.24. The summed E-state index contributed by atoms with van der Waals surface area (Å²) < 4.78 is 5.49. The van der Waals surface area contributed by atoms with E-state index >= 15 is 0 Å². The molecule has 0 spiro atoms. The van der Waals surface area contributed by atoms with Gasteiger partial charge in [-0.1, -0.05) is 18.7 Å². The van der Waals surface area contributed by atoms with E-state index in [-0.39, 0.29) is 5.91 Å². The van der Waals surface area contributed by atoms with Gasteiger partial charge in [-0.3, -0.25) is 4.79 Å². The Labute approximate surface area is 224 Å². The molecule has 1 aliphatic heterocycles. The van der Waals surface area contributed by atoms with Crippen LogP contribution < -0.4 is 20.9 Å². The van der Waals surface area contributed by atoms with E-state index in [1.54, 1.807) is 0 Å². The zero-order valence-corrected chi connectivity index (χ0v) is 22.2. The number of rotatable bonds is 11. The fourth-order valence-corrected chi connectivity index (χ4v) is 3.96. The molecule has 0 unspecified atom stereocenters. The third kappa shape index (κ3) is 7.41. The van der Waals surface area contributed by atoms with Gasteiger partial charge in [-0.15, -0.1) is 0 Å². The van der Waals surface area contributed by atoms with Crippen LogP contribution in [0.1, 0.15) is 12.0 Å². The van der Waals surface area contributed by atoms with E-state index in [4.69, 9.17) is 9.72 Å². The van der Waals surface area contributed by atoms with E-state index in [1.165, 1.54) is 6.08 Å². The zero-order valence-electron chi connectivity index (χ0n) is 22.2. The molecule has 0 bridgehead atoms. The summed E-state index contributed by atoms with van der Waals surface area (Å²) in [6.07, 6.45) is 5.92. The summed E-state index contributed by atoms with van der Waals surface area (Å²) in [6.45, 7) is 6.66. The first kappa shape index (κ1) is 26.8. The SMILES string of the molecule is C=CC(=O)Nc1cccc(Nc2nc(Nc3ccc(N(C)CCN(C)C)cc3)ncc2C2=CCOCC2)c1. The van der Waals surface area contributed by atoms with Crippen molar-refractivity contribution in [1.29, 1.82) is 0 Å². The number of anilines is 6. The summed E-state index contributed by atoms with van der Waals surface area (Å²) in [5.41, 5.74) is 5.54. The number of likely N-dealkylation sites (N-methyl/N-ethyl adjacent to an activating group) is 2. The minimum Gasteiger partial charge on any atom is -0.377 e. The summed E-state index contributed by atoms with van der Waals surface area (Å²) in [6, 6.07) is 15.7. The van der Waals surface area contributed by atoms with Crippen LogP contribution >= 0.6 is 0 Å². The number of benzene rings is 2. The number of amides is 1. The maximum Gasteiger partial charge on any atom is 0.247 e. The number of carbonyl (C=O) groups is 1. The van der Waals surface area contributed by atoms with Gasteiger partial charge in [-0.25, -0.2) is 4.98 Å². The minimum absolute atomic E-state index is 0.265. The molecule has 9 heteroatoms. The van der Waals surface area contributed by atoms with Gasteiger partial charge in [0.1, 0.15) is 5.82 Å². The van der Waals surface area contributed by atoms with Crippen molar-refractivity contribution in [3.63, 3.8) is 0 Å². The quantitative estimate of drug-likeness (QED) is 0.312. The Morgan fingerprint density at radius 2 is 1.84 bits per heavy atom. The molecule has 1 amide bonds. The number of carbonyl (C=O) groups excluding carboxylic acids is 1. The van der Waals surface area contributed by atoms with Crippen molar-refractivity contribution in [1.82, 2.24) is 14.9 Å². The lowest BCUT2D eigenvalue weighted by molar-refractivity contribution is -0.111. The van der Waals surface area contributed by atoms with Crippen LogP contribution in [0.4, 0.5) is 34.5 Å². The molecule has 2 heterocycles. The van der Waals surface area contributed by atoms with Crippen molar-refractivity contribution in [3.8, 4) is 0 Å². The molecule has 38 heavy (non-hydrogen) atoms. The molecule has 1 aromatic heterocycles. The highest BCUT2D eigenvalue weighted by molar-refractivity contribution is 5.99. The number of aromatic nitrogens is 2. The van der Waals surface area contributed by atoms with Crippen molar-refractivity contribution < 1.29 is 9.53 Å². The highest BCUT2D eigenvalue weighted by Gasteiger charge is 2.15. The van der Waals surface area contributed by atoms with Crippen LogP contribution in [-0.4, -0.2) is 68.2 Å². The number of hydrogen-bond donors (Lipinski definition) is 3. The van der Waals surface area contributed by atoms with Crippen molar-refractivity contribution in [2.24, 2.45) is 0 Å². The van der Waals surface area contributed by atoms with E-state index < -0.39 is 0 Å². The highest BCUT2D eigenvalue weighted by Crippen LogP contribution is 2.30. The van der Waals surface area contributed by atoms with Crippen LogP contribution in [0, 0.1) is 0 Å². The number of ether oxygens (including phenoxy) is 1. The van der Waals surface area contributed by atoms with Crippen molar-refractivity contribution in [2.45, 2.75) is 6.42 Å². The second-order valence-electron chi connectivity index (χ2n) is 9.31. The van der Waals surface area contributed by atoms with Crippen LogP contribution in [0.5, 0.6) is 0 Å². The van der Waals surface area contributed by atoms with Crippen LogP contribution in [0.25, 0.3) is 5.57 Å². The molecule has 9 nitrogen and oxygen atoms in total. The van der Waals surface area contributed by atoms with Crippen molar-refractivity contribution in [2.75, 3.05) is 68.3 Å². The second-order valence-corrected chi connectivity index (χ2v) is 9.31. The fourth-order valence-electron chi connectivity index (χ4n) is 3.96. The third-order valence-electron chi connectivity index (χ3n) is 6.12. The first-order valence-electron chi connectivity index (χ1n) is 12.6. The zero-order chi connectivity index (χ0) is 26.9. The molecular formula is C29H35N7O2. The maximum atomic E-state index is 11.7. The van der Waals surface area contributed by atoms with Crippen LogP contribution in [0.3, 0.4) is 0 Å². The topological polar surface area (TPSA) is 94.6 Å². The molecule has 0 saturated heterocycles. The molecule has 3 N–H and O–H groups in total. The second kappa shape index (κ2) is 12.8. The molecule has 198 valence electrons. The third-order valence-corrected chi connectivity index (χ3v) is 6.12. The Hall–Kier alpha value is -4.21. The molecule has 0 saturated carbocycles. The number of nitrogens with zero attached hydrogens (tertiary/aromatic N) is 4. The Bertz CT molecular complexity index is 1290. The monoisotopic (exact) mass is 513 g/mol. The van der Waals surface area contributed by atoms with Gasteiger partial charge in [-0.2, -0.15) is 4.98 Å². The molecule has 0 atom stereocenters. The summed E-state index contributed by atoms with van der Waals surface area (Å²) in [5, 5.41) is 9.52. The Kier molecular flexibility index (Phi) is 9.07. The largest absolute Gasteiger partial charge is 0.377 e. The van der Waals surface area contributed by atoms with Gasteiger partial charge >= 0.3 is 0 Å². The van der Waals surface area contributed by atoms with Crippen molar-refractivity contribution >= 4 is 46.0 Å². The smallest absolute Gasteiger partial charge is 0.247 e. The molecule has 1 aliphatic rings. The van der Waals surface area contributed by atoms with E-state index in [0.29, 0.717) is 30.7 Å². The van der Waals surface area contributed by atoms with E-state index in [0.717, 1.165) is 47.7 Å². The van der Waals surface area contributed by atoms with Gasteiger partial charge in [-0.05, 0) is 74.6 Å². The predicted octanol–water partition coefficient (Wildman–Crippen LogP) is 4.89. The first-order valence-corrected chi connectivity index (χ1v) is 12.6. The minimum atomic E-state index is -0.265. The molecule has 3 aromatic rings. The summed E-state index contributed by atoms with van der Waals surface area (Å²) >= 11 is 0. The van der Waals surface area contributed by atoms with E-state index in [1.807, 2.05) is 42.6 Å². The first-order chi connectivity index (χ1) is 18.4. The van der Waals surface area contributed by atoms with Crippen LogP contribution in [0.15, 0.2) is 73.5 Å². The lowest BCUT2D eigenvalue weighted by Crippen LogP contribution is -2.28. The Balaban J connectivity index is 1.55. The molecular weight excluding hydrogens is 478 g/mol. The van der Waals surface area contributed by atoms with Gasteiger partial charge < -0.3 is 30.5 Å². The number of nitrogens with one attached hydrogen (secondary N) is 3. The van der Waals surface area contributed by atoms with Gasteiger partial charge in [0.2, 0.25) is 11.9 Å². The van der Waals surface area contributed by atoms with E-state index in [2.05, 4.69) is 76.7 Å². The maximum absolute atomic E-state index is 11.7. The lowest BCUT2D eigenvalue weighted by atomic mass is 10.0. The molecule has 0 aliphatic carbocycles. The number of hydrogen-bond acceptors (Lipinski definition) is 8. The fraction of sp³-hybridized carbons (Fsp3) is 0.276.